The van der Waals surface area contributed by atoms with Crippen LogP contribution in [0.1, 0.15) is 16.7 Å². The van der Waals surface area contributed by atoms with E-state index in [0.29, 0.717) is 0 Å². The smallest absolute Gasteiger partial charge is 0.123 e. The SMILES string of the molecule is COc1cccc(CC(N)Cc2ccc(F)cc2C)c1. The topological polar surface area (TPSA) is 35.2 Å². The van der Waals surface area contributed by atoms with Gasteiger partial charge in [-0.2, -0.15) is 0 Å². The molecular formula is C17H20FNO. The monoisotopic (exact) mass is 273 g/mol. The Kier molecular flexibility index (Phi) is 4.74. The van der Waals surface area contributed by atoms with Crippen LogP contribution in [-0.2, 0) is 12.8 Å². The van der Waals surface area contributed by atoms with Gasteiger partial charge in [0.25, 0.3) is 0 Å². The molecule has 0 fully saturated rings. The third-order valence-corrected chi connectivity index (χ3v) is 3.42. The van der Waals surface area contributed by atoms with Crippen molar-refractivity contribution in [2.75, 3.05) is 7.11 Å². The Morgan fingerprint density at radius 1 is 1.15 bits per heavy atom. The third-order valence-electron chi connectivity index (χ3n) is 3.42. The summed E-state index contributed by atoms with van der Waals surface area (Å²) < 4.78 is 18.3. The fourth-order valence-corrected chi connectivity index (χ4v) is 2.35. The Bertz CT molecular complexity index is 583. The Labute approximate surface area is 119 Å². The molecule has 1 atom stereocenters. The van der Waals surface area contributed by atoms with E-state index >= 15 is 0 Å². The van der Waals surface area contributed by atoms with Gasteiger partial charge in [0, 0.05) is 6.04 Å². The number of nitrogens with two attached hydrogens (primary N) is 1. The normalized spacial score (nSPS) is 12.2. The van der Waals surface area contributed by atoms with Gasteiger partial charge in [-0.15, -0.1) is 0 Å². The van der Waals surface area contributed by atoms with Gasteiger partial charge in [-0.3, -0.25) is 0 Å². The van der Waals surface area contributed by atoms with Gasteiger partial charge in [0.1, 0.15) is 11.6 Å². The highest BCUT2D eigenvalue weighted by atomic mass is 19.1. The Balaban J connectivity index is 2.02. The highest BCUT2D eigenvalue weighted by molar-refractivity contribution is 5.30. The van der Waals surface area contributed by atoms with Gasteiger partial charge >= 0.3 is 0 Å². The highest BCUT2D eigenvalue weighted by Crippen LogP contribution is 2.16. The molecule has 0 saturated heterocycles. The van der Waals surface area contributed by atoms with E-state index in [4.69, 9.17) is 10.5 Å². The maximum absolute atomic E-state index is 13.1. The van der Waals surface area contributed by atoms with Gasteiger partial charge in [-0.25, -0.2) is 4.39 Å². The molecule has 1 unspecified atom stereocenters. The molecule has 2 rings (SSSR count). The van der Waals surface area contributed by atoms with Gasteiger partial charge in [-0.1, -0.05) is 18.2 Å². The molecule has 0 heterocycles. The van der Waals surface area contributed by atoms with Crippen molar-refractivity contribution in [1.82, 2.24) is 0 Å². The van der Waals surface area contributed by atoms with Crippen molar-refractivity contribution in [3.8, 4) is 5.75 Å². The standard InChI is InChI=1S/C17H20FNO/c1-12-8-15(18)7-6-14(12)11-16(19)9-13-4-3-5-17(10-13)20-2/h3-8,10,16H,9,11,19H2,1-2H3. The molecule has 0 aliphatic rings. The Morgan fingerprint density at radius 3 is 2.65 bits per heavy atom. The summed E-state index contributed by atoms with van der Waals surface area (Å²) in [6, 6.07) is 12.8. The maximum Gasteiger partial charge on any atom is 0.123 e. The zero-order valence-corrected chi connectivity index (χ0v) is 11.9. The number of aryl methyl sites for hydroxylation is 1. The molecular weight excluding hydrogens is 253 g/mol. The van der Waals surface area contributed by atoms with E-state index < -0.39 is 0 Å². The fourth-order valence-electron chi connectivity index (χ4n) is 2.35. The number of hydrogen-bond acceptors (Lipinski definition) is 2. The molecule has 0 aliphatic heterocycles. The summed E-state index contributed by atoms with van der Waals surface area (Å²) >= 11 is 0. The van der Waals surface area contributed by atoms with Crippen molar-refractivity contribution >= 4 is 0 Å². The minimum atomic E-state index is -0.201. The van der Waals surface area contributed by atoms with Crippen LogP contribution in [0.3, 0.4) is 0 Å². The first kappa shape index (κ1) is 14.5. The first-order valence-electron chi connectivity index (χ1n) is 6.72. The van der Waals surface area contributed by atoms with Crippen LogP contribution in [0.15, 0.2) is 42.5 Å². The predicted octanol–water partition coefficient (Wildman–Crippen LogP) is 3.26. The first-order valence-corrected chi connectivity index (χ1v) is 6.72. The summed E-state index contributed by atoms with van der Waals surface area (Å²) in [6.07, 6.45) is 1.51. The lowest BCUT2D eigenvalue weighted by atomic mass is 9.97. The van der Waals surface area contributed by atoms with E-state index in [2.05, 4.69) is 0 Å². The number of benzene rings is 2. The number of rotatable bonds is 5. The lowest BCUT2D eigenvalue weighted by Crippen LogP contribution is -2.25. The molecule has 2 aromatic carbocycles. The van der Waals surface area contributed by atoms with Crippen LogP contribution in [0.4, 0.5) is 4.39 Å². The molecule has 0 amide bonds. The molecule has 3 heteroatoms. The molecule has 106 valence electrons. The molecule has 0 radical (unpaired) electrons. The molecule has 0 bridgehead atoms. The summed E-state index contributed by atoms with van der Waals surface area (Å²) in [4.78, 5) is 0. The zero-order chi connectivity index (χ0) is 14.5. The zero-order valence-electron chi connectivity index (χ0n) is 11.9. The van der Waals surface area contributed by atoms with Crippen molar-refractivity contribution in [3.05, 3.63) is 65.0 Å². The minimum absolute atomic E-state index is 0.00580. The lowest BCUT2D eigenvalue weighted by Gasteiger charge is -2.14. The quantitative estimate of drug-likeness (QED) is 0.907. The van der Waals surface area contributed by atoms with Crippen LogP contribution in [-0.4, -0.2) is 13.2 Å². The first-order chi connectivity index (χ1) is 9.58. The van der Waals surface area contributed by atoms with Gasteiger partial charge in [0.05, 0.1) is 7.11 Å². The van der Waals surface area contributed by atoms with Crippen molar-refractivity contribution in [2.24, 2.45) is 5.73 Å². The van der Waals surface area contributed by atoms with Crippen LogP contribution in [0.2, 0.25) is 0 Å². The maximum atomic E-state index is 13.1. The lowest BCUT2D eigenvalue weighted by molar-refractivity contribution is 0.414. The van der Waals surface area contributed by atoms with E-state index in [9.17, 15) is 4.39 Å². The van der Waals surface area contributed by atoms with Crippen molar-refractivity contribution in [3.63, 3.8) is 0 Å². The summed E-state index contributed by atoms with van der Waals surface area (Å²) in [7, 11) is 1.65. The summed E-state index contributed by atoms with van der Waals surface area (Å²) in [5, 5.41) is 0. The van der Waals surface area contributed by atoms with Crippen LogP contribution >= 0.6 is 0 Å². The van der Waals surface area contributed by atoms with E-state index in [0.717, 1.165) is 35.3 Å². The number of ether oxygens (including phenoxy) is 1. The van der Waals surface area contributed by atoms with Crippen LogP contribution in [0.25, 0.3) is 0 Å². The van der Waals surface area contributed by atoms with Gasteiger partial charge in [-0.05, 0) is 60.7 Å². The molecule has 2 aromatic rings. The van der Waals surface area contributed by atoms with E-state index in [1.54, 1.807) is 13.2 Å². The van der Waals surface area contributed by atoms with E-state index in [1.165, 1.54) is 6.07 Å². The van der Waals surface area contributed by atoms with E-state index in [-0.39, 0.29) is 11.9 Å². The number of hydrogen-bond donors (Lipinski definition) is 1. The van der Waals surface area contributed by atoms with E-state index in [1.807, 2.05) is 37.3 Å². The molecule has 20 heavy (non-hydrogen) atoms. The summed E-state index contributed by atoms with van der Waals surface area (Å²) in [5.41, 5.74) is 9.40. The minimum Gasteiger partial charge on any atom is -0.497 e. The van der Waals surface area contributed by atoms with Crippen molar-refractivity contribution in [1.29, 1.82) is 0 Å². The van der Waals surface area contributed by atoms with Crippen LogP contribution < -0.4 is 10.5 Å². The van der Waals surface area contributed by atoms with Gasteiger partial charge < -0.3 is 10.5 Å². The summed E-state index contributed by atoms with van der Waals surface area (Å²) in [6.45, 7) is 1.91. The third kappa shape index (κ3) is 3.81. The molecule has 2 N–H and O–H groups in total. The predicted molar refractivity (Wildman–Crippen MR) is 79.5 cm³/mol. The second-order valence-corrected chi connectivity index (χ2v) is 5.09. The molecule has 0 saturated carbocycles. The fraction of sp³-hybridized carbons (Fsp3) is 0.294. The van der Waals surface area contributed by atoms with Gasteiger partial charge in [0.15, 0.2) is 0 Å². The Hall–Kier alpha value is -1.87. The second kappa shape index (κ2) is 6.53. The van der Waals surface area contributed by atoms with Crippen molar-refractivity contribution < 1.29 is 9.13 Å². The number of methoxy groups -OCH3 is 1. The second-order valence-electron chi connectivity index (χ2n) is 5.09. The molecule has 0 spiro atoms. The highest BCUT2D eigenvalue weighted by Gasteiger charge is 2.08. The molecule has 2 nitrogen and oxygen atoms in total. The summed E-state index contributed by atoms with van der Waals surface area (Å²) in [5.74, 6) is 0.639. The average molecular weight is 273 g/mol. The number of halogens is 1. The largest absolute Gasteiger partial charge is 0.497 e. The van der Waals surface area contributed by atoms with Crippen LogP contribution in [0, 0.1) is 12.7 Å². The van der Waals surface area contributed by atoms with Gasteiger partial charge in [0.2, 0.25) is 0 Å². The molecule has 0 aromatic heterocycles. The average Bonchev–Trinajstić information content (AvgIpc) is 2.42. The van der Waals surface area contributed by atoms with Crippen molar-refractivity contribution in [2.45, 2.75) is 25.8 Å². The molecule has 0 aliphatic carbocycles. The van der Waals surface area contributed by atoms with Crippen LogP contribution in [0.5, 0.6) is 5.75 Å². The Morgan fingerprint density at radius 2 is 1.95 bits per heavy atom.